The summed E-state index contributed by atoms with van der Waals surface area (Å²) < 4.78 is 11.3. The lowest BCUT2D eigenvalue weighted by molar-refractivity contribution is -0.110. The second-order valence-electron chi connectivity index (χ2n) is 6.36. The largest absolute Gasteiger partial charge is 0.417 e. The van der Waals surface area contributed by atoms with E-state index in [2.05, 4.69) is 33.9 Å². The monoisotopic (exact) mass is 274 g/mol. The van der Waals surface area contributed by atoms with Crippen molar-refractivity contribution in [2.75, 3.05) is 13.7 Å². The van der Waals surface area contributed by atoms with Crippen molar-refractivity contribution in [1.82, 2.24) is 0 Å². The number of methoxy groups -OCH3 is 1. The molecule has 3 nitrogen and oxygen atoms in total. The van der Waals surface area contributed by atoms with E-state index in [0.717, 1.165) is 32.2 Å². The first-order chi connectivity index (χ1) is 8.24. The average Bonchev–Trinajstić information content (AvgIpc) is 2.25. The molecular formula is C14H30O3Si. The highest BCUT2D eigenvalue weighted by molar-refractivity contribution is 6.74. The van der Waals surface area contributed by atoms with Crippen molar-refractivity contribution in [2.45, 2.75) is 70.7 Å². The van der Waals surface area contributed by atoms with Crippen LogP contribution in [0.2, 0.25) is 18.1 Å². The fraction of sp³-hybridized carbons (Fsp3) is 0.929. The van der Waals surface area contributed by atoms with E-state index in [1.54, 1.807) is 7.11 Å². The predicted octanol–water partition coefficient (Wildman–Crippen LogP) is 3.78. The van der Waals surface area contributed by atoms with Crippen LogP contribution >= 0.6 is 0 Å². The van der Waals surface area contributed by atoms with E-state index in [9.17, 15) is 4.79 Å². The lowest BCUT2D eigenvalue weighted by atomic mass is 10.1. The second kappa shape index (κ2) is 8.07. The Morgan fingerprint density at radius 3 is 2.28 bits per heavy atom. The van der Waals surface area contributed by atoms with Gasteiger partial charge in [-0.05, 0) is 37.4 Å². The summed E-state index contributed by atoms with van der Waals surface area (Å²) in [4.78, 5) is 10.4. The van der Waals surface area contributed by atoms with Crippen molar-refractivity contribution in [3.8, 4) is 0 Å². The van der Waals surface area contributed by atoms with E-state index < -0.39 is 8.32 Å². The van der Waals surface area contributed by atoms with Crippen LogP contribution in [0.4, 0.5) is 0 Å². The first-order valence-electron chi connectivity index (χ1n) is 6.85. The summed E-state index contributed by atoms with van der Waals surface area (Å²) in [6.45, 7) is 12.1. The molecule has 0 saturated heterocycles. The van der Waals surface area contributed by atoms with Crippen molar-refractivity contribution in [1.29, 1.82) is 0 Å². The van der Waals surface area contributed by atoms with Gasteiger partial charge >= 0.3 is 0 Å². The Labute approximate surface area is 113 Å². The molecule has 0 fully saturated rings. The number of rotatable bonds is 9. The molecule has 0 aromatic rings. The summed E-state index contributed by atoms with van der Waals surface area (Å²) in [6, 6.07) is 0. The molecule has 0 aromatic heterocycles. The Bertz CT molecular complexity index is 234. The van der Waals surface area contributed by atoms with Gasteiger partial charge in [0.1, 0.15) is 6.29 Å². The molecule has 4 heteroatoms. The number of ether oxygens (including phenoxy) is 1. The van der Waals surface area contributed by atoms with Crippen LogP contribution in [0.5, 0.6) is 0 Å². The topological polar surface area (TPSA) is 35.5 Å². The van der Waals surface area contributed by atoms with E-state index in [1.807, 2.05) is 0 Å². The van der Waals surface area contributed by atoms with E-state index in [1.165, 1.54) is 0 Å². The van der Waals surface area contributed by atoms with Crippen molar-refractivity contribution in [2.24, 2.45) is 0 Å². The van der Waals surface area contributed by atoms with Gasteiger partial charge in [-0.2, -0.15) is 0 Å². The van der Waals surface area contributed by atoms with E-state index >= 15 is 0 Å². The molecule has 1 atom stereocenters. The van der Waals surface area contributed by atoms with Crippen molar-refractivity contribution in [3.63, 3.8) is 0 Å². The van der Waals surface area contributed by atoms with E-state index in [0.29, 0.717) is 6.42 Å². The molecule has 0 saturated carbocycles. The highest BCUT2D eigenvalue weighted by atomic mass is 28.4. The lowest BCUT2D eigenvalue weighted by Crippen LogP contribution is -2.40. The molecule has 0 rings (SSSR count). The Hall–Kier alpha value is -0.193. The van der Waals surface area contributed by atoms with Gasteiger partial charge in [-0.25, -0.2) is 0 Å². The molecule has 108 valence electrons. The zero-order chi connectivity index (χ0) is 14.2. The maximum Gasteiger partial charge on any atom is 0.191 e. The Kier molecular flexibility index (Phi) is 7.99. The summed E-state index contributed by atoms with van der Waals surface area (Å²) >= 11 is 0. The molecule has 0 amide bonds. The summed E-state index contributed by atoms with van der Waals surface area (Å²) in [5.41, 5.74) is 0. The molecule has 0 N–H and O–H groups in total. The SMILES string of the molecule is CO[C@H](CC=O)CCCCO[Si](C)(C)C(C)(C)C. The first-order valence-corrected chi connectivity index (χ1v) is 9.76. The maximum atomic E-state index is 10.4. The zero-order valence-electron chi connectivity index (χ0n) is 12.9. The van der Waals surface area contributed by atoms with Crippen LogP contribution in [0.3, 0.4) is 0 Å². The van der Waals surface area contributed by atoms with Crippen LogP contribution in [0.15, 0.2) is 0 Å². The predicted molar refractivity (Wildman–Crippen MR) is 78.5 cm³/mol. The first kappa shape index (κ1) is 17.8. The van der Waals surface area contributed by atoms with E-state index in [-0.39, 0.29) is 11.1 Å². The molecule has 0 heterocycles. The van der Waals surface area contributed by atoms with Gasteiger partial charge < -0.3 is 14.0 Å². The minimum absolute atomic E-state index is 0.0790. The number of hydrogen-bond donors (Lipinski definition) is 0. The van der Waals surface area contributed by atoms with Crippen LogP contribution in [0.25, 0.3) is 0 Å². The fourth-order valence-electron chi connectivity index (χ4n) is 1.46. The number of hydrogen-bond acceptors (Lipinski definition) is 3. The van der Waals surface area contributed by atoms with Crippen molar-refractivity contribution in [3.05, 3.63) is 0 Å². The molecule has 0 aliphatic carbocycles. The number of unbranched alkanes of at least 4 members (excludes halogenated alkanes) is 1. The van der Waals surface area contributed by atoms with Gasteiger partial charge in [0.05, 0.1) is 6.10 Å². The van der Waals surface area contributed by atoms with Gasteiger partial charge in [0.2, 0.25) is 0 Å². The zero-order valence-corrected chi connectivity index (χ0v) is 13.9. The average molecular weight is 274 g/mol. The minimum Gasteiger partial charge on any atom is -0.417 e. The summed E-state index contributed by atoms with van der Waals surface area (Å²) in [5, 5.41) is 0.277. The van der Waals surface area contributed by atoms with Crippen LogP contribution in [-0.4, -0.2) is 34.4 Å². The minimum atomic E-state index is -1.59. The van der Waals surface area contributed by atoms with Gasteiger partial charge in [0, 0.05) is 20.1 Å². The third-order valence-corrected chi connectivity index (χ3v) is 8.42. The Morgan fingerprint density at radius 1 is 1.22 bits per heavy atom. The van der Waals surface area contributed by atoms with Gasteiger partial charge in [0.25, 0.3) is 0 Å². The van der Waals surface area contributed by atoms with Crippen LogP contribution < -0.4 is 0 Å². The highest BCUT2D eigenvalue weighted by Crippen LogP contribution is 2.36. The second-order valence-corrected chi connectivity index (χ2v) is 11.2. The van der Waals surface area contributed by atoms with Crippen molar-refractivity contribution >= 4 is 14.6 Å². The van der Waals surface area contributed by atoms with Crippen LogP contribution in [0.1, 0.15) is 46.5 Å². The van der Waals surface area contributed by atoms with Gasteiger partial charge in [-0.15, -0.1) is 0 Å². The smallest absolute Gasteiger partial charge is 0.191 e. The molecule has 0 aromatic carbocycles. The molecule has 0 unspecified atom stereocenters. The Balaban J connectivity index is 3.77. The van der Waals surface area contributed by atoms with Gasteiger partial charge in [0.15, 0.2) is 8.32 Å². The lowest BCUT2D eigenvalue weighted by Gasteiger charge is -2.36. The molecule has 0 aliphatic heterocycles. The maximum absolute atomic E-state index is 10.4. The highest BCUT2D eigenvalue weighted by Gasteiger charge is 2.36. The standard InChI is InChI=1S/C14H30O3Si/c1-14(2,3)18(5,6)17-12-8-7-9-13(16-4)10-11-15/h11,13H,7-10,12H2,1-6H3/t13-/m0/s1. The molecular weight excluding hydrogens is 244 g/mol. The molecule has 0 bridgehead atoms. The molecule has 18 heavy (non-hydrogen) atoms. The normalized spacial score (nSPS) is 14.6. The van der Waals surface area contributed by atoms with Crippen LogP contribution in [-0.2, 0) is 14.0 Å². The van der Waals surface area contributed by atoms with Gasteiger partial charge in [-0.3, -0.25) is 0 Å². The number of aldehydes is 1. The molecule has 0 spiro atoms. The third-order valence-electron chi connectivity index (χ3n) is 3.88. The van der Waals surface area contributed by atoms with Crippen LogP contribution in [0, 0.1) is 0 Å². The van der Waals surface area contributed by atoms with Gasteiger partial charge in [-0.1, -0.05) is 20.8 Å². The summed E-state index contributed by atoms with van der Waals surface area (Å²) in [6.07, 6.45) is 4.55. The summed E-state index contributed by atoms with van der Waals surface area (Å²) in [7, 11) is 0.0740. The fourth-order valence-corrected chi connectivity index (χ4v) is 2.54. The summed E-state index contributed by atoms with van der Waals surface area (Å²) in [5.74, 6) is 0. The third kappa shape index (κ3) is 6.66. The molecule has 0 aliphatic rings. The van der Waals surface area contributed by atoms with Crippen molar-refractivity contribution < 1.29 is 14.0 Å². The quantitative estimate of drug-likeness (QED) is 0.364. The number of carbonyl (C=O) groups excluding carboxylic acids is 1. The van der Waals surface area contributed by atoms with E-state index in [4.69, 9.17) is 9.16 Å². The number of carbonyl (C=O) groups is 1. The Morgan fingerprint density at radius 2 is 1.83 bits per heavy atom. The molecule has 0 radical (unpaired) electrons.